The van der Waals surface area contributed by atoms with Crippen molar-refractivity contribution < 1.29 is 9.53 Å². The molecule has 178 valence electrons. The second-order valence-corrected chi connectivity index (χ2v) is 9.42. The van der Waals surface area contributed by atoms with Crippen LogP contribution in [0.3, 0.4) is 0 Å². The molecule has 1 saturated heterocycles. The van der Waals surface area contributed by atoms with Gasteiger partial charge in [0.1, 0.15) is 0 Å². The van der Waals surface area contributed by atoms with Crippen LogP contribution in [-0.4, -0.2) is 57.2 Å². The maximum atomic E-state index is 13.0. The molecule has 0 spiro atoms. The number of carbonyl (C=O) groups excluding carboxylic acids is 1. The highest BCUT2D eigenvalue weighted by Gasteiger charge is 2.22. The highest BCUT2D eigenvalue weighted by molar-refractivity contribution is 8.00. The van der Waals surface area contributed by atoms with Crippen LogP contribution < -0.4 is 10.2 Å². The van der Waals surface area contributed by atoms with Gasteiger partial charge in [-0.05, 0) is 55.5 Å². The summed E-state index contributed by atoms with van der Waals surface area (Å²) >= 11 is 1.37. The van der Waals surface area contributed by atoms with Crippen molar-refractivity contribution in [3.63, 3.8) is 0 Å². The Morgan fingerprint density at radius 1 is 0.971 bits per heavy atom. The Morgan fingerprint density at radius 3 is 2.46 bits per heavy atom. The van der Waals surface area contributed by atoms with Gasteiger partial charge < -0.3 is 15.0 Å². The van der Waals surface area contributed by atoms with Crippen molar-refractivity contribution in [2.75, 3.05) is 36.5 Å². The van der Waals surface area contributed by atoms with E-state index >= 15 is 0 Å². The van der Waals surface area contributed by atoms with E-state index in [9.17, 15) is 4.79 Å². The molecule has 9 heteroatoms. The van der Waals surface area contributed by atoms with E-state index in [-0.39, 0.29) is 11.2 Å². The van der Waals surface area contributed by atoms with Crippen molar-refractivity contribution in [1.29, 1.82) is 0 Å². The lowest BCUT2D eigenvalue weighted by molar-refractivity contribution is -0.115. The molecule has 0 saturated carbocycles. The predicted molar refractivity (Wildman–Crippen MR) is 138 cm³/mol. The SMILES string of the molecule is C[C@H](Sc1nnc(-c2cccnc2)n1-c1ccccc1)C(=O)Nc1ccc(N2CCOCC2)cc1. The van der Waals surface area contributed by atoms with Gasteiger partial charge in [0.15, 0.2) is 11.0 Å². The Hall–Kier alpha value is -3.69. The third kappa shape index (κ3) is 5.36. The molecule has 2 aromatic heterocycles. The van der Waals surface area contributed by atoms with Gasteiger partial charge in [-0.1, -0.05) is 30.0 Å². The van der Waals surface area contributed by atoms with Crippen LogP contribution in [0.25, 0.3) is 17.1 Å². The zero-order valence-electron chi connectivity index (χ0n) is 19.4. The van der Waals surface area contributed by atoms with Gasteiger partial charge in [-0.2, -0.15) is 0 Å². The summed E-state index contributed by atoms with van der Waals surface area (Å²) in [5.74, 6) is 0.581. The van der Waals surface area contributed by atoms with Gasteiger partial charge in [-0.3, -0.25) is 14.3 Å². The molecule has 1 atom stereocenters. The number of hydrogen-bond donors (Lipinski definition) is 1. The lowest BCUT2D eigenvalue weighted by Gasteiger charge is -2.28. The summed E-state index contributed by atoms with van der Waals surface area (Å²) in [6, 6.07) is 21.6. The number of carbonyl (C=O) groups is 1. The molecule has 0 radical (unpaired) electrons. The van der Waals surface area contributed by atoms with E-state index in [1.165, 1.54) is 11.8 Å². The van der Waals surface area contributed by atoms with Crippen molar-refractivity contribution in [3.8, 4) is 17.1 Å². The molecule has 0 unspecified atom stereocenters. The summed E-state index contributed by atoms with van der Waals surface area (Å²) in [5, 5.41) is 12.1. The van der Waals surface area contributed by atoms with E-state index in [4.69, 9.17) is 4.74 Å². The number of ether oxygens (including phenoxy) is 1. The average molecular weight is 487 g/mol. The highest BCUT2D eigenvalue weighted by Crippen LogP contribution is 2.30. The fourth-order valence-corrected chi connectivity index (χ4v) is 4.74. The number of rotatable bonds is 7. The van der Waals surface area contributed by atoms with E-state index in [0.29, 0.717) is 11.0 Å². The Labute approximate surface area is 208 Å². The molecule has 4 aromatic rings. The number of amides is 1. The normalized spacial score (nSPS) is 14.5. The van der Waals surface area contributed by atoms with Gasteiger partial charge in [0, 0.05) is 48.1 Å². The molecule has 2 aromatic carbocycles. The minimum Gasteiger partial charge on any atom is -0.378 e. The Bertz CT molecular complexity index is 1260. The lowest BCUT2D eigenvalue weighted by atomic mass is 10.2. The topological polar surface area (TPSA) is 85.2 Å². The maximum absolute atomic E-state index is 13.0. The van der Waals surface area contributed by atoms with Crippen LogP contribution in [0.5, 0.6) is 0 Å². The molecule has 1 fully saturated rings. The van der Waals surface area contributed by atoms with Gasteiger partial charge in [-0.15, -0.1) is 10.2 Å². The molecule has 3 heterocycles. The first-order valence-electron chi connectivity index (χ1n) is 11.5. The number of pyridine rings is 1. The van der Waals surface area contributed by atoms with Crippen molar-refractivity contribution in [2.24, 2.45) is 0 Å². The number of nitrogens with zero attached hydrogens (tertiary/aromatic N) is 5. The molecule has 1 aliphatic rings. The third-order valence-electron chi connectivity index (χ3n) is 5.73. The Morgan fingerprint density at radius 2 is 1.74 bits per heavy atom. The van der Waals surface area contributed by atoms with Gasteiger partial charge in [0.25, 0.3) is 0 Å². The fraction of sp³-hybridized carbons (Fsp3) is 0.231. The fourth-order valence-electron chi connectivity index (χ4n) is 3.87. The molecule has 0 bridgehead atoms. The van der Waals surface area contributed by atoms with Gasteiger partial charge in [-0.25, -0.2) is 0 Å². The van der Waals surface area contributed by atoms with E-state index in [1.54, 1.807) is 12.4 Å². The van der Waals surface area contributed by atoms with E-state index in [0.717, 1.165) is 48.9 Å². The average Bonchev–Trinajstić information content (AvgIpc) is 3.34. The number of thioether (sulfide) groups is 1. The minimum absolute atomic E-state index is 0.0975. The quantitative estimate of drug-likeness (QED) is 0.390. The van der Waals surface area contributed by atoms with Crippen molar-refractivity contribution in [1.82, 2.24) is 19.7 Å². The van der Waals surface area contributed by atoms with E-state index in [1.807, 2.05) is 78.2 Å². The number of nitrogens with one attached hydrogen (secondary N) is 1. The molecule has 5 rings (SSSR count). The van der Waals surface area contributed by atoms with Crippen LogP contribution in [0.15, 0.2) is 84.3 Å². The maximum Gasteiger partial charge on any atom is 0.237 e. The zero-order chi connectivity index (χ0) is 24.0. The Kier molecular flexibility index (Phi) is 7.06. The smallest absolute Gasteiger partial charge is 0.237 e. The third-order valence-corrected chi connectivity index (χ3v) is 6.77. The van der Waals surface area contributed by atoms with Crippen LogP contribution in [-0.2, 0) is 9.53 Å². The molecule has 35 heavy (non-hydrogen) atoms. The van der Waals surface area contributed by atoms with Crippen LogP contribution in [0.2, 0.25) is 0 Å². The lowest BCUT2D eigenvalue weighted by Crippen LogP contribution is -2.36. The minimum atomic E-state index is -0.387. The summed E-state index contributed by atoms with van der Waals surface area (Å²) in [4.78, 5) is 19.5. The molecule has 8 nitrogen and oxygen atoms in total. The number of para-hydroxylation sites is 1. The van der Waals surface area contributed by atoms with Gasteiger partial charge in [0.05, 0.1) is 18.5 Å². The number of benzene rings is 2. The second kappa shape index (κ2) is 10.7. The number of morpholine rings is 1. The van der Waals surface area contributed by atoms with E-state index in [2.05, 4.69) is 25.4 Å². The van der Waals surface area contributed by atoms with Crippen LogP contribution in [0.4, 0.5) is 11.4 Å². The number of anilines is 2. The van der Waals surface area contributed by atoms with Crippen LogP contribution in [0.1, 0.15) is 6.92 Å². The largest absolute Gasteiger partial charge is 0.378 e. The van der Waals surface area contributed by atoms with Crippen molar-refractivity contribution in [2.45, 2.75) is 17.3 Å². The molecule has 0 aliphatic carbocycles. The molecule has 1 amide bonds. The highest BCUT2D eigenvalue weighted by atomic mass is 32.2. The predicted octanol–water partition coefficient (Wildman–Crippen LogP) is 4.29. The van der Waals surface area contributed by atoms with Crippen molar-refractivity contribution >= 4 is 29.0 Å². The standard InChI is InChI=1S/C26H26N6O2S/c1-19(25(33)28-21-9-11-22(12-10-21)31-14-16-34-17-15-31)35-26-30-29-24(20-6-5-13-27-18-20)32(26)23-7-3-2-4-8-23/h2-13,18-19H,14-17H2,1H3,(H,28,33)/t19-/m0/s1. The summed E-state index contributed by atoms with van der Waals surface area (Å²) < 4.78 is 7.38. The van der Waals surface area contributed by atoms with Crippen molar-refractivity contribution in [3.05, 3.63) is 79.1 Å². The second-order valence-electron chi connectivity index (χ2n) is 8.11. The summed E-state index contributed by atoms with van der Waals surface area (Å²) in [6.07, 6.45) is 3.48. The first-order valence-corrected chi connectivity index (χ1v) is 12.4. The Balaban J connectivity index is 1.32. The monoisotopic (exact) mass is 486 g/mol. The van der Waals surface area contributed by atoms with Gasteiger partial charge in [0.2, 0.25) is 5.91 Å². The first-order chi connectivity index (χ1) is 17.2. The molecular weight excluding hydrogens is 460 g/mol. The first kappa shape index (κ1) is 23.1. The van der Waals surface area contributed by atoms with Crippen LogP contribution >= 0.6 is 11.8 Å². The molecule has 1 aliphatic heterocycles. The molecular formula is C26H26N6O2S. The number of hydrogen-bond acceptors (Lipinski definition) is 7. The summed E-state index contributed by atoms with van der Waals surface area (Å²) in [6.45, 7) is 5.10. The summed E-state index contributed by atoms with van der Waals surface area (Å²) in [7, 11) is 0. The summed E-state index contributed by atoms with van der Waals surface area (Å²) in [5.41, 5.74) is 3.67. The molecule has 1 N–H and O–H groups in total. The van der Waals surface area contributed by atoms with Gasteiger partial charge >= 0.3 is 0 Å². The number of aromatic nitrogens is 4. The van der Waals surface area contributed by atoms with E-state index < -0.39 is 0 Å². The zero-order valence-corrected chi connectivity index (χ0v) is 20.2. The van der Waals surface area contributed by atoms with Crippen LogP contribution in [0, 0.1) is 0 Å².